The average Bonchev–Trinajstić information content (AvgIpc) is 3.56. The molecule has 3 N–H and O–H groups in total. The van der Waals surface area contributed by atoms with Crippen LogP contribution < -0.4 is 25.4 Å². The van der Waals surface area contributed by atoms with Crippen molar-refractivity contribution < 1.29 is 18.3 Å². The molecular weight excluding hydrogens is 598 g/mol. The van der Waals surface area contributed by atoms with Gasteiger partial charge in [-0.2, -0.15) is 15.2 Å². The zero-order chi connectivity index (χ0) is 31.5. The van der Waals surface area contributed by atoms with E-state index in [1.165, 1.54) is 18.4 Å². The third kappa shape index (κ3) is 5.09. The first-order chi connectivity index (χ1) is 21.7. The van der Waals surface area contributed by atoms with Crippen LogP contribution in [0.2, 0.25) is 0 Å². The number of nitrogen functional groups attached to an aromatic ring is 1. The lowest BCUT2D eigenvalue weighted by Gasteiger charge is -2.43. The number of benzene rings is 1. The van der Waals surface area contributed by atoms with E-state index >= 15 is 4.39 Å². The number of nitrogens with zero attached hydrogens (tertiary/aromatic N) is 6. The van der Waals surface area contributed by atoms with E-state index in [4.69, 9.17) is 20.2 Å². The summed E-state index contributed by atoms with van der Waals surface area (Å²) < 4.78 is 43.8. The standard InChI is InChI=1S/C32H36F2N8O2S/c1-32(15-41(2)10-9-17(32)11-33)16-44-31-39-27-24(29(40-31)42-13-18-7-8-19(14-42)37-18)30(43-3)38-26(25(27)34)20-5-4-6-22-23(20)21(12-35)28(36)45-22/h4-6,17-19,37H,7-11,13-16,36H2,1-3H3/t17-,18-,19+,32+/m1/s1. The average molecular weight is 635 g/mol. The molecule has 10 nitrogen and oxygen atoms in total. The Labute approximate surface area is 264 Å². The number of alkyl halides is 1. The largest absolute Gasteiger partial charge is 0.480 e. The van der Waals surface area contributed by atoms with Gasteiger partial charge in [0.25, 0.3) is 0 Å². The SMILES string of the molecule is COc1nc(-c2cccc3sc(N)c(C#N)c23)c(F)c2nc(OC[C@]3(C)CN(C)CC[C@@H]3CF)nc(N3C[C@H]4CC[C@@H](C3)N4)c12. The van der Waals surface area contributed by atoms with Gasteiger partial charge in [0, 0.05) is 52.8 Å². The second kappa shape index (κ2) is 11.5. The second-order valence-electron chi connectivity index (χ2n) is 12.8. The molecule has 236 valence electrons. The van der Waals surface area contributed by atoms with Gasteiger partial charge in [0.15, 0.2) is 5.82 Å². The quantitative estimate of drug-likeness (QED) is 0.294. The topological polar surface area (TPSA) is 125 Å². The molecule has 0 spiro atoms. The highest BCUT2D eigenvalue weighted by molar-refractivity contribution is 7.23. The molecule has 7 rings (SSSR count). The van der Waals surface area contributed by atoms with E-state index in [0.29, 0.717) is 46.8 Å². The minimum atomic E-state index is -0.677. The Morgan fingerprint density at radius 2 is 1.96 bits per heavy atom. The Morgan fingerprint density at radius 1 is 1.18 bits per heavy atom. The molecule has 4 aromatic rings. The van der Waals surface area contributed by atoms with Gasteiger partial charge in [-0.3, -0.25) is 4.39 Å². The van der Waals surface area contributed by atoms with Crippen LogP contribution in [0.15, 0.2) is 18.2 Å². The minimum Gasteiger partial charge on any atom is -0.480 e. The summed E-state index contributed by atoms with van der Waals surface area (Å²) in [5.41, 5.74) is 6.39. The first-order valence-electron chi connectivity index (χ1n) is 15.3. The molecule has 0 radical (unpaired) electrons. The number of ether oxygens (including phenoxy) is 2. The number of anilines is 2. The molecule has 13 heteroatoms. The third-order valence-corrected chi connectivity index (χ3v) is 10.7. The van der Waals surface area contributed by atoms with Crippen molar-refractivity contribution in [1.29, 1.82) is 5.26 Å². The van der Waals surface area contributed by atoms with Crippen LogP contribution in [0.4, 0.5) is 19.6 Å². The van der Waals surface area contributed by atoms with Crippen LogP contribution in [-0.4, -0.2) is 85.6 Å². The molecule has 3 aliphatic heterocycles. The van der Waals surface area contributed by atoms with Gasteiger partial charge in [0.1, 0.15) is 33.5 Å². The van der Waals surface area contributed by atoms with Crippen LogP contribution in [0.1, 0.15) is 31.7 Å². The summed E-state index contributed by atoms with van der Waals surface area (Å²) in [4.78, 5) is 18.5. The van der Waals surface area contributed by atoms with Crippen molar-refractivity contribution in [2.24, 2.45) is 11.3 Å². The van der Waals surface area contributed by atoms with E-state index in [1.807, 2.05) is 20.0 Å². The highest BCUT2D eigenvalue weighted by Crippen LogP contribution is 2.44. The second-order valence-corrected chi connectivity index (χ2v) is 13.9. The van der Waals surface area contributed by atoms with Gasteiger partial charge in [-0.25, -0.2) is 9.37 Å². The number of nitrogens with one attached hydrogen (secondary N) is 1. The first kappa shape index (κ1) is 29.8. The maximum atomic E-state index is 16.9. The predicted molar refractivity (Wildman–Crippen MR) is 171 cm³/mol. The summed E-state index contributed by atoms with van der Waals surface area (Å²) in [5.74, 6) is -0.181. The lowest BCUT2D eigenvalue weighted by Crippen LogP contribution is -2.51. The number of rotatable bonds is 7. The summed E-state index contributed by atoms with van der Waals surface area (Å²) in [7, 11) is 3.51. The molecule has 45 heavy (non-hydrogen) atoms. The van der Waals surface area contributed by atoms with E-state index < -0.39 is 17.9 Å². The molecule has 3 aliphatic rings. The molecule has 0 saturated carbocycles. The maximum Gasteiger partial charge on any atom is 0.319 e. The Kier molecular flexibility index (Phi) is 7.62. The normalized spacial score (nSPS) is 25.2. The van der Waals surface area contributed by atoms with Crippen molar-refractivity contribution in [2.75, 3.05) is 64.3 Å². The van der Waals surface area contributed by atoms with Gasteiger partial charge in [-0.05, 0) is 44.8 Å². The van der Waals surface area contributed by atoms with E-state index in [2.05, 4.69) is 31.2 Å². The predicted octanol–water partition coefficient (Wildman–Crippen LogP) is 4.75. The van der Waals surface area contributed by atoms with Crippen LogP contribution in [0.25, 0.3) is 32.2 Å². The molecule has 2 bridgehead atoms. The number of halogens is 2. The Hall–Kier alpha value is -3.86. The van der Waals surface area contributed by atoms with E-state index in [-0.39, 0.29) is 53.3 Å². The number of piperidine rings is 1. The number of fused-ring (bicyclic) bond motifs is 4. The summed E-state index contributed by atoms with van der Waals surface area (Å²) in [6.45, 7) is 4.61. The van der Waals surface area contributed by atoms with Gasteiger partial charge in [-0.1, -0.05) is 19.1 Å². The first-order valence-corrected chi connectivity index (χ1v) is 16.1. The smallest absolute Gasteiger partial charge is 0.319 e. The van der Waals surface area contributed by atoms with Crippen molar-refractivity contribution in [3.05, 3.63) is 29.6 Å². The molecule has 1 aromatic carbocycles. The maximum absolute atomic E-state index is 16.9. The number of hydrogen-bond donors (Lipinski definition) is 2. The zero-order valence-corrected chi connectivity index (χ0v) is 26.4. The summed E-state index contributed by atoms with van der Waals surface area (Å²) >= 11 is 1.27. The summed E-state index contributed by atoms with van der Waals surface area (Å²) in [6.07, 6.45) is 2.82. The summed E-state index contributed by atoms with van der Waals surface area (Å²) in [6, 6.07) is 8.10. The fraction of sp³-hybridized carbons (Fsp3) is 0.500. The number of hydrogen-bond acceptors (Lipinski definition) is 11. The van der Waals surface area contributed by atoms with Gasteiger partial charge in [0.05, 0.1) is 26.0 Å². The molecule has 0 aliphatic carbocycles. The van der Waals surface area contributed by atoms with Crippen LogP contribution in [0, 0.1) is 28.5 Å². The monoisotopic (exact) mass is 634 g/mol. The van der Waals surface area contributed by atoms with Crippen molar-refractivity contribution in [3.8, 4) is 29.2 Å². The van der Waals surface area contributed by atoms with Crippen molar-refractivity contribution in [3.63, 3.8) is 0 Å². The molecule has 3 fully saturated rings. The van der Waals surface area contributed by atoms with Gasteiger partial charge >= 0.3 is 6.01 Å². The molecule has 3 saturated heterocycles. The summed E-state index contributed by atoms with van der Waals surface area (Å²) in [5, 5.41) is 14.8. The van der Waals surface area contributed by atoms with E-state index in [9.17, 15) is 9.65 Å². The highest BCUT2D eigenvalue weighted by atomic mass is 32.1. The van der Waals surface area contributed by atoms with Crippen molar-refractivity contribution in [2.45, 2.75) is 38.3 Å². The van der Waals surface area contributed by atoms with Gasteiger partial charge in [0.2, 0.25) is 5.88 Å². The molecule has 0 unspecified atom stereocenters. The van der Waals surface area contributed by atoms with Gasteiger partial charge < -0.3 is 30.3 Å². The van der Waals surface area contributed by atoms with Gasteiger partial charge in [-0.15, -0.1) is 11.3 Å². The van der Waals surface area contributed by atoms with Crippen LogP contribution >= 0.6 is 11.3 Å². The number of nitriles is 1. The number of nitrogens with two attached hydrogens (primary N) is 1. The Bertz CT molecular complexity index is 1820. The molecule has 0 amide bonds. The Morgan fingerprint density at radius 3 is 2.67 bits per heavy atom. The molecule has 6 heterocycles. The van der Waals surface area contributed by atoms with Crippen molar-refractivity contribution >= 4 is 43.1 Å². The number of aromatic nitrogens is 3. The minimum absolute atomic E-state index is 0.00593. The number of pyridine rings is 1. The number of likely N-dealkylation sites (tertiary alicyclic amines) is 1. The Balaban J connectivity index is 1.40. The molecule has 3 aromatic heterocycles. The van der Waals surface area contributed by atoms with Crippen molar-refractivity contribution in [1.82, 2.24) is 25.2 Å². The lowest BCUT2D eigenvalue weighted by molar-refractivity contribution is 0.000321. The zero-order valence-electron chi connectivity index (χ0n) is 25.6. The number of piperazine rings is 1. The third-order valence-electron chi connectivity index (χ3n) is 9.72. The van der Waals surface area contributed by atoms with Crippen LogP contribution in [-0.2, 0) is 0 Å². The fourth-order valence-corrected chi connectivity index (χ4v) is 8.32. The highest BCUT2D eigenvalue weighted by Gasteiger charge is 2.40. The van der Waals surface area contributed by atoms with E-state index in [1.54, 1.807) is 12.1 Å². The number of methoxy groups -OCH3 is 1. The fourth-order valence-electron chi connectivity index (χ4n) is 7.37. The molecule has 4 atom stereocenters. The molecular formula is C32H36F2N8O2S. The number of thiophene rings is 1. The lowest BCUT2D eigenvalue weighted by atomic mass is 9.73. The van der Waals surface area contributed by atoms with E-state index in [0.717, 1.165) is 30.5 Å². The van der Waals surface area contributed by atoms with Crippen LogP contribution in [0.3, 0.4) is 0 Å². The van der Waals surface area contributed by atoms with Crippen LogP contribution in [0.5, 0.6) is 11.9 Å².